The topological polar surface area (TPSA) is 59.1 Å². The van der Waals surface area contributed by atoms with E-state index in [0.717, 1.165) is 4.88 Å². The summed E-state index contributed by atoms with van der Waals surface area (Å²) in [6.07, 6.45) is 0. The van der Waals surface area contributed by atoms with Crippen LogP contribution in [0.15, 0.2) is 5.51 Å². The van der Waals surface area contributed by atoms with Gasteiger partial charge in [0, 0.05) is 6.54 Å². The third kappa shape index (κ3) is 0.801. The quantitative estimate of drug-likeness (QED) is 0.575. The summed E-state index contributed by atoms with van der Waals surface area (Å²) in [6.45, 7) is 0.372. The van der Waals surface area contributed by atoms with Gasteiger partial charge < -0.3 is 10.8 Å². The molecule has 1 aromatic heterocycles. The Hall–Kier alpha value is -0.610. The van der Waals surface area contributed by atoms with Gasteiger partial charge in [-0.2, -0.15) is 0 Å². The lowest BCUT2D eigenvalue weighted by molar-refractivity contribution is 0.451. The van der Waals surface area contributed by atoms with E-state index in [1.54, 1.807) is 5.51 Å². The van der Waals surface area contributed by atoms with Gasteiger partial charge in [-0.1, -0.05) is 0 Å². The first-order valence-electron chi connectivity index (χ1n) is 2.16. The van der Waals surface area contributed by atoms with E-state index in [-0.39, 0.29) is 5.88 Å². The van der Waals surface area contributed by atoms with Gasteiger partial charge in [0.25, 0.3) is 0 Å². The van der Waals surface area contributed by atoms with Gasteiger partial charge in [0.2, 0.25) is 5.88 Å². The fourth-order valence-corrected chi connectivity index (χ4v) is 0.938. The molecule has 0 fully saturated rings. The predicted octanol–water partition coefficient (Wildman–Crippen LogP) is 0.307. The average Bonchev–Trinajstić information content (AvgIpc) is 2.14. The number of aromatic nitrogens is 1. The molecule has 0 unspecified atom stereocenters. The highest BCUT2D eigenvalue weighted by atomic mass is 32.1. The molecule has 44 valence electrons. The third-order valence-electron chi connectivity index (χ3n) is 0.805. The van der Waals surface area contributed by atoms with Crippen LogP contribution in [0.25, 0.3) is 0 Å². The molecule has 0 amide bonds. The van der Waals surface area contributed by atoms with Crippen LogP contribution in [0, 0.1) is 0 Å². The Kier molecular flexibility index (Phi) is 1.45. The van der Waals surface area contributed by atoms with Crippen LogP contribution in [0.5, 0.6) is 5.88 Å². The zero-order chi connectivity index (χ0) is 5.98. The zero-order valence-electron chi connectivity index (χ0n) is 4.16. The van der Waals surface area contributed by atoms with Crippen molar-refractivity contribution < 1.29 is 5.11 Å². The standard InChI is InChI=1S/C4H6N2OS/c5-1-3-4(7)6-2-8-3/h2,7H,1,5H2. The molecule has 0 spiro atoms. The number of hydrogen-bond acceptors (Lipinski definition) is 4. The second-order valence-corrected chi connectivity index (χ2v) is 2.24. The number of nitrogens with zero attached hydrogens (tertiary/aromatic N) is 1. The van der Waals surface area contributed by atoms with E-state index >= 15 is 0 Å². The minimum absolute atomic E-state index is 0.0671. The van der Waals surface area contributed by atoms with Gasteiger partial charge in [-0.25, -0.2) is 4.98 Å². The average molecular weight is 130 g/mol. The molecule has 0 saturated carbocycles. The number of nitrogens with two attached hydrogens (primary N) is 1. The number of aromatic hydroxyl groups is 1. The van der Waals surface area contributed by atoms with Crippen molar-refractivity contribution in [1.29, 1.82) is 0 Å². The minimum atomic E-state index is 0.0671. The number of thiazole rings is 1. The highest BCUT2D eigenvalue weighted by Crippen LogP contribution is 2.17. The molecule has 0 radical (unpaired) electrons. The van der Waals surface area contributed by atoms with E-state index in [2.05, 4.69) is 4.98 Å². The molecule has 0 aliphatic carbocycles. The molecular formula is C4H6N2OS. The highest BCUT2D eigenvalue weighted by molar-refractivity contribution is 7.09. The van der Waals surface area contributed by atoms with Gasteiger partial charge in [-0.15, -0.1) is 11.3 Å². The van der Waals surface area contributed by atoms with Crippen LogP contribution in [0.1, 0.15) is 4.88 Å². The van der Waals surface area contributed by atoms with Crippen molar-refractivity contribution >= 4 is 11.3 Å². The van der Waals surface area contributed by atoms with Crippen LogP contribution in [0.4, 0.5) is 0 Å². The van der Waals surface area contributed by atoms with Gasteiger partial charge >= 0.3 is 0 Å². The van der Waals surface area contributed by atoms with Crippen molar-refractivity contribution in [3.8, 4) is 5.88 Å². The first-order valence-corrected chi connectivity index (χ1v) is 3.04. The summed E-state index contributed by atoms with van der Waals surface area (Å²) in [4.78, 5) is 4.32. The summed E-state index contributed by atoms with van der Waals surface area (Å²) in [6, 6.07) is 0. The van der Waals surface area contributed by atoms with Gasteiger partial charge in [0.15, 0.2) is 0 Å². The molecule has 8 heavy (non-hydrogen) atoms. The Morgan fingerprint density at radius 3 is 2.88 bits per heavy atom. The molecule has 3 N–H and O–H groups in total. The van der Waals surface area contributed by atoms with E-state index in [0.29, 0.717) is 6.54 Å². The maximum absolute atomic E-state index is 8.77. The molecule has 0 saturated heterocycles. The van der Waals surface area contributed by atoms with Crippen LogP contribution in [0.3, 0.4) is 0 Å². The second-order valence-electron chi connectivity index (χ2n) is 1.30. The molecule has 1 rings (SSSR count). The lowest BCUT2D eigenvalue weighted by Crippen LogP contribution is -1.92. The van der Waals surface area contributed by atoms with E-state index in [1.165, 1.54) is 11.3 Å². The molecule has 4 heteroatoms. The Morgan fingerprint density at radius 2 is 2.62 bits per heavy atom. The first-order chi connectivity index (χ1) is 3.84. The second kappa shape index (κ2) is 2.11. The van der Waals surface area contributed by atoms with E-state index in [9.17, 15) is 0 Å². The van der Waals surface area contributed by atoms with Crippen molar-refractivity contribution in [3.05, 3.63) is 10.4 Å². The predicted molar refractivity (Wildman–Crippen MR) is 31.7 cm³/mol. The zero-order valence-corrected chi connectivity index (χ0v) is 4.98. The summed E-state index contributed by atoms with van der Waals surface area (Å²) >= 11 is 1.36. The molecule has 0 atom stereocenters. The Balaban J connectivity index is 2.92. The molecule has 0 bridgehead atoms. The van der Waals surface area contributed by atoms with Gasteiger partial charge in [-0.3, -0.25) is 0 Å². The smallest absolute Gasteiger partial charge is 0.226 e. The Morgan fingerprint density at radius 1 is 1.88 bits per heavy atom. The number of rotatable bonds is 1. The normalized spacial score (nSPS) is 9.62. The van der Waals surface area contributed by atoms with Gasteiger partial charge in [-0.05, 0) is 0 Å². The SMILES string of the molecule is NCc1scnc1O. The third-order valence-corrected chi connectivity index (χ3v) is 1.65. The summed E-state index contributed by atoms with van der Waals surface area (Å²) in [7, 11) is 0. The fraction of sp³-hybridized carbons (Fsp3) is 0.250. The molecular weight excluding hydrogens is 124 g/mol. The summed E-state index contributed by atoms with van der Waals surface area (Å²) < 4.78 is 0. The van der Waals surface area contributed by atoms with Crippen LogP contribution in [-0.2, 0) is 6.54 Å². The van der Waals surface area contributed by atoms with E-state index in [4.69, 9.17) is 10.8 Å². The van der Waals surface area contributed by atoms with Crippen molar-refractivity contribution in [3.63, 3.8) is 0 Å². The maximum Gasteiger partial charge on any atom is 0.226 e. The fourth-order valence-electron chi connectivity index (χ4n) is 0.404. The first kappa shape index (κ1) is 5.53. The molecule has 3 nitrogen and oxygen atoms in total. The highest BCUT2D eigenvalue weighted by Gasteiger charge is 1.98. The summed E-state index contributed by atoms with van der Waals surface area (Å²) in [5.41, 5.74) is 6.77. The summed E-state index contributed by atoms with van der Waals surface area (Å²) in [5, 5.41) is 8.77. The van der Waals surface area contributed by atoms with E-state index in [1.807, 2.05) is 0 Å². The molecule has 1 aromatic rings. The number of hydrogen-bond donors (Lipinski definition) is 2. The van der Waals surface area contributed by atoms with Gasteiger partial charge in [0.05, 0.1) is 10.4 Å². The van der Waals surface area contributed by atoms with E-state index < -0.39 is 0 Å². The monoisotopic (exact) mass is 130 g/mol. The van der Waals surface area contributed by atoms with Crippen molar-refractivity contribution in [2.45, 2.75) is 6.54 Å². The molecule has 1 heterocycles. The maximum atomic E-state index is 8.77. The van der Waals surface area contributed by atoms with Crippen molar-refractivity contribution in [1.82, 2.24) is 4.98 Å². The van der Waals surface area contributed by atoms with Gasteiger partial charge in [0.1, 0.15) is 0 Å². The summed E-state index contributed by atoms with van der Waals surface area (Å²) in [5.74, 6) is 0.0671. The van der Waals surface area contributed by atoms with Crippen LogP contribution < -0.4 is 5.73 Å². The minimum Gasteiger partial charge on any atom is -0.492 e. The van der Waals surface area contributed by atoms with Crippen LogP contribution in [-0.4, -0.2) is 10.1 Å². The van der Waals surface area contributed by atoms with Crippen LogP contribution >= 0.6 is 11.3 Å². The molecule has 0 aliphatic rings. The lowest BCUT2D eigenvalue weighted by atomic mass is 10.5. The van der Waals surface area contributed by atoms with Crippen LogP contribution in [0.2, 0.25) is 0 Å². The molecule has 0 aliphatic heterocycles. The Bertz CT molecular complexity index is 174. The van der Waals surface area contributed by atoms with Crippen molar-refractivity contribution in [2.24, 2.45) is 5.73 Å². The molecule has 0 aromatic carbocycles. The largest absolute Gasteiger partial charge is 0.492 e. The Labute approximate surface area is 50.8 Å². The van der Waals surface area contributed by atoms with Crippen molar-refractivity contribution in [2.75, 3.05) is 0 Å². The lowest BCUT2D eigenvalue weighted by Gasteiger charge is -1.84.